The summed E-state index contributed by atoms with van der Waals surface area (Å²) in [7, 11) is 0. The summed E-state index contributed by atoms with van der Waals surface area (Å²) in [5.74, 6) is -0.408. The number of aromatic nitrogens is 1. The minimum atomic E-state index is -0.495. The van der Waals surface area contributed by atoms with Crippen LogP contribution in [0.5, 0.6) is 5.75 Å². The van der Waals surface area contributed by atoms with Crippen molar-refractivity contribution in [3.8, 4) is 11.4 Å². The maximum Gasteiger partial charge on any atom is 0.343 e. The number of ether oxygens (including phenoxy) is 1. The number of amides is 1. The number of esters is 1. The molecule has 1 N–H and O–H groups in total. The molecule has 0 aliphatic carbocycles. The third-order valence-corrected chi connectivity index (χ3v) is 5.14. The third kappa shape index (κ3) is 5.56. The van der Waals surface area contributed by atoms with E-state index in [0.29, 0.717) is 27.6 Å². The van der Waals surface area contributed by atoms with Crippen LogP contribution >= 0.6 is 11.6 Å². The van der Waals surface area contributed by atoms with E-state index in [9.17, 15) is 9.59 Å². The average molecular weight is 458 g/mol. The lowest BCUT2D eigenvalue weighted by atomic mass is 10.1. The van der Waals surface area contributed by atoms with Gasteiger partial charge in [0.1, 0.15) is 5.75 Å². The maximum absolute atomic E-state index is 12.4. The summed E-state index contributed by atoms with van der Waals surface area (Å²) in [6.45, 7) is 1.78. The van der Waals surface area contributed by atoms with Crippen molar-refractivity contribution >= 4 is 29.2 Å². The van der Waals surface area contributed by atoms with Crippen LogP contribution in [-0.4, -0.2) is 22.2 Å². The van der Waals surface area contributed by atoms with Crippen molar-refractivity contribution in [2.24, 2.45) is 5.10 Å². The number of hydrogen-bond acceptors (Lipinski definition) is 4. The Bertz CT molecular complexity index is 1300. The molecule has 7 heteroatoms. The standard InChI is InChI=1S/C26H20ClN3O3/c1-18(28-29-25(31)20-7-11-23(12-8-20)30-15-2-3-16-30)19-9-13-24(14-10-19)33-26(32)21-5-4-6-22(27)17-21/h2-17H,1H3,(H,29,31)/b28-18+. The van der Waals surface area contributed by atoms with Crippen molar-refractivity contribution in [2.75, 3.05) is 0 Å². The molecule has 1 amide bonds. The predicted molar refractivity (Wildman–Crippen MR) is 128 cm³/mol. The second-order valence-corrected chi connectivity index (χ2v) is 7.64. The molecule has 0 atom stereocenters. The fraction of sp³-hybridized carbons (Fsp3) is 0.0385. The molecule has 4 rings (SSSR count). The van der Waals surface area contributed by atoms with Crippen LogP contribution in [0.15, 0.2) is 102 Å². The molecular formula is C26H20ClN3O3. The van der Waals surface area contributed by atoms with Crippen LogP contribution in [-0.2, 0) is 0 Å². The van der Waals surface area contributed by atoms with Crippen molar-refractivity contribution in [2.45, 2.75) is 6.92 Å². The molecule has 0 saturated heterocycles. The summed E-state index contributed by atoms with van der Waals surface area (Å²) in [6.07, 6.45) is 3.87. The SMILES string of the molecule is C/C(=N\NC(=O)c1ccc(-n2cccc2)cc1)c1ccc(OC(=O)c2cccc(Cl)c2)cc1. The van der Waals surface area contributed by atoms with Gasteiger partial charge in [0, 0.05) is 28.7 Å². The number of rotatable bonds is 6. The van der Waals surface area contributed by atoms with Crippen molar-refractivity contribution in [3.05, 3.63) is 119 Å². The first-order chi connectivity index (χ1) is 16.0. The third-order valence-electron chi connectivity index (χ3n) is 4.90. The molecule has 4 aromatic rings. The minimum Gasteiger partial charge on any atom is -0.423 e. The first kappa shape index (κ1) is 22.0. The van der Waals surface area contributed by atoms with E-state index in [-0.39, 0.29) is 5.91 Å². The fourth-order valence-electron chi connectivity index (χ4n) is 3.10. The molecule has 1 heterocycles. The molecule has 0 spiro atoms. The van der Waals surface area contributed by atoms with Gasteiger partial charge < -0.3 is 9.30 Å². The van der Waals surface area contributed by atoms with E-state index in [1.807, 2.05) is 41.2 Å². The van der Waals surface area contributed by atoms with Crippen LogP contribution < -0.4 is 10.2 Å². The van der Waals surface area contributed by atoms with E-state index < -0.39 is 5.97 Å². The van der Waals surface area contributed by atoms with Crippen LogP contribution in [0.3, 0.4) is 0 Å². The molecule has 0 fully saturated rings. The monoisotopic (exact) mass is 457 g/mol. The number of hydrogen-bond donors (Lipinski definition) is 1. The highest BCUT2D eigenvalue weighted by Gasteiger charge is 2.10. The lowest BCUT2D eigenvalue weighted by Gasteiger charge is -2.07. The van der Waals surface area contributed by atoms with Gasteiger partial charge in [-0.1, -0.05) is 17.7 Å². The Balaban J connectivity index is 1.36. The Hall–Kier alpha value is -4.16. The van der Waals surface area contributed by atoms with Crippen LogP contribution in [0.4, 0.5) is 0 Å². The minimum absolute atomic E-state index is 0.305. The van der Waals surface area contributed by atoms with Gasteiger partial charge in [-0.05, 0) is 91.3 Å². The highest BCUT2D eigenvalue weighted by Crippen LogP contribution is 2.17. The summed E-state index contributed by atoms with van der Waals surface area (Å²) in [4.78, 5) is 24.7. The van der Waals surface area contributed by atoms with Crippen molar-refractivity contribution in [1.82, 2.24) is 9.99 Å². The van der Waals surface area contributed by atoms with Gasteiger partial charge in [-0.15, -0.1) is 0 Å². The topological polar surface area (TPSA) is 72.7 Å². The van der Waals surface area contributed by atoms with E-state index in [1.54, 1.807) is 67.6 Å². The van der Waals surface area contributed by atoms with E-state index in [0.717, 1.165) is 11.3 Å². The zero-order valence-corrected chi connectivity index (χ0v) is 18.5. The van der Waals surface area contributed by atoms with Crippen molar-refractivity contribution in [1.29, 1.82) is 0 Å². The number of hydrazone groups is 1. The molecule has 0 radical (unpaired) electrons. The predicted octanol–water partition coefficient (Wildman–Crippen LogP) is 5.50. The van der Waals surface area contributed by atoms with Crippen LogP contribution in [0, 0.1) is 0 Å². The van der Waals surface area contributed by atoms with E-state index >= 15 is 0 Å². The summed E-state index contributed by atoms with van der Waals surface area (Å²) >= 11 is 5.91. The molecule has 33 heavy (non-hydrogen) atoms. The van der Waals surface area contributed by atoms with E-state index in [1.165, 1.54) is 0 Å². The molecule has 3 aromatic carbocycles. The first-order valence-electron chi connectivity index (χ1n) is 10.2. The number of nitrogens with zero attached hydrogens (tertiary/aromatic N) is 2. The Labute approximate surface area is 196 Å². The quantitative estimate of drug-likeness (QED) is 0.180. The lowest BCUT2D eigenvalue weighted by Crippen LogP contribution is -2.19. The number of nitrogens with one attached hydrogen (secondary N) is 1. The van der Waals surface area contributed by atoms with Gasteiger partial charge in [0.05, 0.1) is 11.3 Å². The second-order valence-electron chi connectivity index (χ2n) is 7.20. The number of carbonyl (C=O) groups is 2. The van der Waals surface area contributed by atoms with Gasteiger partial charge in [0.2, 0.25) is 0 Å². The second kappa shape index (κ2) is 9.97. The molecule has 6 nitrogen and oxygen atoms in total. The number of halogens is 1. The molecule has 164 valence electrons. The highest BCUT2D eigenvalue weighted by atomic mass is 35.5. The molecule has 0 unspecified atom stereocenters. The smallest absolute Gasteiger partial charge is 0.343 e. The van der Waals surface area contributed by atoms with Crippen molar-refractivity contribution in [3.63, 3.8) is 0 Å². The Morgan fingerprint density at radius 1 is 0.848 bits per heavy atom. The van der Waals surface area contributed by atoms with Gasteiger partial charge in [0.15, 0.2) is 0 Å². The molecule has 0 saturated carbocycles. The zero-order valence-electron chi connectivity index (χ0n) is 17.7. The number of carbonyl (C=O) groups excluding carboxylic acids is 2. The van der Waals surface area contributed by atoms with Gasteiger partial charge in [-0.3, -0.25) is 4.79 Å². The Kier molecular flexibility index (Phi) is 6.66. The maximum atomic E-state index is 12.4. The summed E-state index contributed by atoms with van der Waals surface area (Å²) in [5, 5.41) is 4.64. The van der Waals surface area contributed by atoms with E-state index in [2.05, 4.69) is 10.5 Å². The Morgan fingerprint density at radius 3 is 2.18 bits per heavy atom. The molecule has 0 bridgehead atoms. The van der Waals surface area contributed by atoms with Crippen LogP contribution in [0.25, 0.3) is 5.69 Å². The van der Waals surface area contributed by atoms with E-state index in [4.69, 9.17) is 16.3 Å². The summed E-state index contributed by atoms with van der Waals surface area (Å²) in [6, 6.07) is 24.5. The summed E-state index contributed by atoms with van der Waals surface area (Å²) < 4.78 is 7.33. The Morgan fingerprint density at radius 2 is 1.52 bits per heavy atom. The van der Waals surface area contributed by atoms with Gasteiger partial charge in [0.25, 0.3) is 5.91 Å². The van der Waals surface area contributed by atoms with Crippen LogP contribution in [0.2, 0.25) is 5.02 Å². The average Bonchev–Trinajstić information content (AvgIpc) is 3.38. The fourth-order valence-corrected chi connectivity index (χ4v) is 3.29. The largest absolute Gasteiger partial charge is 0.423 e. The molecule has 0 aliphatic heterocycles. The van der Waals surface area contributed by atoms with Crippen molar-refractivity contribution < 1.29 is 14.3 Å². The van der Waals surface area contributed by atoms with Gasteiger partial charge in [-0.2, -0.15) is 5.10 Å². The zero-order chi connectivity index (χ0) is 23.2. The van der Waals surface area contributed by atoms with Crippen LogP contribution in [0.1, 0.15) is 33.2 Å². The first-order valence-corrected chi connectivity index (χ1v) is 10.5. The normalized spacial score (nSPS) is 11.2. The molecule has 1 aromatic heterocycles. The highest BCUT2D eigenvalue weighted by molar-refractivity contribution is 6.30. The number of benzene rings is 3. The molecular weight excluding hydrogens is 438 g/mol. The van der Waals surface area contributed by atoms with Gasteiger partial charge >= 0.3 is 5.97 Å². The van der Waals surface area contributed by atoms with Gasteiger partial charge in [-0.25, -0.2) is 10.2 Å². The lowest BCUT2D eigenvalue weighted by molar-refractivity contribution is 0.0734. The molecule has 0 aliphatic rings. The summed E-state index contributed by atoms with van der Waals surface area (Å²) in [5.41, 5.74) is 5.80.